The summed E-state index contributed by atoms with van der Waals surface area (Å²) in [5, 5.41) is 7.16. The molecule has 0 bridgehead atoms. The van der Waals surface area contributed by atoms with Crippen LogP contribution in [0.15, 0.2) is 6.20 Å². The van der Waals surface area contributed by atoms with Gasteiger partial charge in [0.15, 0.2) is 0 Å². The molecule has 1 rings (SSSR count). The number of rotatable bonds is 3. The zero-order chi connectivity index (χ0) is 12.3. The second-order valence-corrected chi connectivity index (χ2v) is 4.74. The third-order valence-electron chi connectivity index (χ3n) is 1.86. The van der Waals surface area contributed by atoms with Crippen molar-refractivity contribution in [1.82, 2.24) is 9.78 Å². The Morgan fingerprint density at radius 2 is 2.19 bits per heavy atom. The summed E-state index contributed by atoms with van der Waals surface area (Å²) < 4.78 is 6.88. The molecular formula is C11H19N3O2. The van der Waals surface area contributed by atoms with Crippen molar-refractivity contribution in [3.05, 3.63) is 11.9 Å². The number of ether oxygens (including phenoxy) is 1. The minimum Gasteiger partial charge on any atom is -0.459 e. The Kier molecular flexibility index (Phi) is 3.57. The molecule has 0 saturated carbocycles. The Morgan fingerprint density at radius 3 is 2.62 bits per heavy atom. The van der Waals surface area contributed by atoms with Gasteiger partial charge in [-0.15, -0.1) is 0 Å². The van der Waals surface area contributed by atoms with Gasteiger partial charge >= 0.3 is 5.97 Å². The topological polar surface area (TPSA) is 56.2 Å². The van der Waals surface area contributed by atoms with Crippen molar-refractivity contribution >= 4 is 11.7 Å². The number of esters is 1. The van der Waals surface area contributed by atoms with Gasteiger partial charge in [0.25, 0.3) is 0 Å². The zero-order valence-electron chi connectivity index (χ0n) is 10.5. The molecule has 0 aromatic carbocycles. The Bertz CT molecular complexity index is 377. The molecule has 16 heavy (non-hydrogen) atoms. The second kappa shape index (κ2) is 4.55. The van der Waals surface area contributed by atoms with Gasteiger partial charge < -0.3 is 10.1 Å². The van der Waals surface area contributed by atoms with Crippen molar-refractivity contribution in [2.45, 2.75) is 33.3 Å². The van der Waals surface area contributed by atoms with E-state index in [9.17, 15) is 4.79 Å². The molecule has 0 amide bonds. The number of aryl methyl sites for hydroxylation is 2. The maximum Gasteiger partial charge on any atom is 0.325 e. The van der Waals surface area contributed by atoms with E-state index in [4.69, 9.17) is 4.74 Å². The minimum absolute atomic E-state index is 0.157. The van der Waals surface area contributed by atoms with Crippen LogP contribution in [0.1, 0.15) is 26.5 Å². The molecule has 0 fully saturated rings. The Morgan fingerprint density at radius 1 is 1.56 bits per heavy atom. The van der Waals surface area contributed by atoms with Gasteiger partial charge in [-0.1, -0.05) is 0 Å². The number of hydrogen-bond acceptors (Lipinski definition) is 4. The molecule has 0 atom stereocenters. The molecule has 0 aliphatic heterocycles. The SMILES string of the molecule is Cc1nn(C)cc1NCC(=O)OC(C)(C)C. The molecule has 0 spiro atoms. The van der Waals surface area contributed by atoms with Crippen molar-refractivity contribution in [3.63, 3.8) is 0 Å². The lowest BCUT2D eigenvalue weighted by atomic mass is 10.2. The first kappa shape index (κ1) is 12.5. The average molecular weight is 225 g/mol. The van der Waals surface area contributed by atoms with E-state index in [1.54, 1.807) is 4.68 Å². The lowest BCUT2D eigenvalue weighted by molar-refractivity contribution is -0.152. The number of aromatic nitrogens is 2. The van der Waals surface area contributed by atoms with Gasteiger partial charge in [-0.3, -0.25) is 9.48 Å². The third kappa shape index (κ3) is 3.92. The fourth-order valence-electron chi connectivity index (χ4n) is 1.32. The van der Waals surface area contributed by atoms with Crippen molar-refractivity contribution < 1.29 is 9.53 Å². The summed E-state index contributed by atoms with van der Waals surface area (Å²) in [7, 11) is 1.84. The molecular weight excluding hydrogens is 206 g/mol. The molecule has 0 aliphatic rings. The van der Waals surface area contributed by atoms with Crippen LogP contribution in [0.2, 0.25) is 0 Å². The number of hydrogen-bond donors (Lipinski definition) is 1. The molecule has 0 radical (unpaired) electrons. The summed E-state index contributed by atoms with van der Waals surface area (Å²) in [6.07, 6.45) is 1.83. The summed E-state index contributed by atoms with van der Waals surface area (Å²) in [5.74, 6) is -0.268. The Balaban J connectivity index is 2.46. The number of carbonyl (C=O) groups excluding carboxylic acids is 1. The first-order chi connectivity index (χ1) is 7.28. The van der Waals surface area contributed by atoms with Gasteiger partial charge in [0.1, 0.15) is 12.1 Å². The Hall–Kier alpha value is -1.52. The van der Waals surface area contributed by atoms with E-state index in [0.29, 0.717) is 0 Å². The smallest absolute Gasteiger partial charge is 0.325 e. The molecule has 0 aliphatic carbocycles. The van der Waals surface area contributed by atoms with Gasteiger partial charge in [0.2, 0.25) is 0 Å². The predicted molar refractivity (Wildman–Crippen MR) is 62.3 cm³/mol. The van der Waals surface area contributed by atoms with Crippen molar-refractivity contribution in [3.8, 4) is 0 Å². The van der Waals surface area contributed by atoms with E-state index in [2.05, 4.69) is 10.4 Å². The lowest BCUT2D eigenvalue weighted by Gasteiger charge is -2.19. The first-order valence-electron chi connectivity index (χ1n) is 5.24. The van der Waals surface area contributed by atoms with Crippen LogP contribution < -0.4 is 5.32 Å². The number of nitrogens with zero attached hydrogens (tertiary/aromatic N) is 2. The highest BCUT2D eigenvalue weighted by atomic mass is 16.6. The summed E-state index contributed by atoms with van der Waals surface area (Å²) in [6.45, 7) is 7.59. The fraction of sp³-hybridized carbons (Fsp3) is 0.636. The van der Waals surface area contributed by atoms with Crippen molar-refractivity contribution in [2.24, 2.45) is 7.05 Å². The first-order valence-corrected chi connectivity index (χ1v) is 5.24. The van der Waals surface area contributed by atoms with E-state index >= 15 is 0 Å². The van der Waals surface area contributed by atoms with Crippen LogP contribution in [0.25, 0.3) is 0 Å². The molecule has 1 aromatic rings. The molecule has 1 N–H and O–H groups in total. The van der Waals surface area contributed by atoms with E-state index in [1.165, 1.54) is 0 Å². The summed E-state index contributed by atoms with van der Waals surface area (Å²) in [5.41, 5.74) is 1.28. The monoisotopic (exact) mass is 225 g/mol. The van der Waals surface area contributed by atoms with Crippen LogP contribution in [-0.2, 0) is 16.6 Å². The predicted octanol–water partition coefficient (Wildman–Crippen LogP) is 1.48. The highest BCUT2D eigenvalue weighted by Crippen LogP contribution is 2.12. The van der Waals surface area contributed by atoms with Crippen LogP contribution >= 0.6 is 0 Å². The molecule has 5 nitrogen and oxygen atoms in total. The molecule has 0 saturated heterocycles. The van der Waals surface area contributed by atoms with E-state index < -0.39 is 5.60 Å². The Labute approximate surface area is 95.8 Å². The summed E-state index contributed by atoms with van der Waals surface area (Å²) in [4.78, 5) is 11.4. The maximum absolute atomic E-state index is 11.4. The van der Waals surface area contributed by atoms with E-state index in [0.717, 1.165) is 11.4 Å². The molecule has 1 aromatic heterocycles. The van der Waals surface area contributed by atoms with Crippen LogP contribution in [0.3, 0.4) is 0 Å². The van der Waals surface area contributed by atoms with Crippen molar-refractivity contribution in [2.75, 3.05) is 11.9 Å². The van der Waals surface area contributed by atoms with Gasteiger partial charge in [-0.05, 0) is 27.7 Å². The zero-order valence-corrected chi connectivity index (χ0v) is 10.5. The van der Waals surface area contributed by atoms with Gasteiger partial charge in [0, 0.05) is 13.2 Å². The molecule has 0 unspecified atom stereocenters. The van der Waals surface area contributed by atoms with Crippen molar-refractivity contribution in [1.29, 1.82) is 0 Å². The maximum atomic E-state index is 11.4. The summed E-state index contributed by atoms with van der Waals surface area (Å²) in [6, 6.07) is 0. The summed E-state index contributed by atoms with van der Waals surface area (Å²) >= 11 is 0. The number of nitrogens with one attached hydrogen (secondary N) is 1. The highest BCUT2D eigenvalue weighted by molar-refractivity contribution is 5.75. The van der Waals surface area contributed by atoms with Crippen LogP contribution in [0.5, 0.6) is 0 Å². The molecule has 90 valence electrons. The largest absolute Gasteiger partial charge is 0.459 e. The second-order valence-electron chi connectivity index (χ2n) is 4.74. The van der Waals surface area contributed by atoms with Gasteiger partial charge in [0.05, 0.1) is 11.4 Å². The van der Waals surface area contributed by atoms with Gasteiger partial charge in [-0.2, -0.15) is 5.10 Å². The van der Waals surface area contributed by atoms with E-state index in [-0.39, 0.29) is 12.5 Å². The number of carbonyl (C=O) groups is 1. The third-order valence-corrected chi connectivity index (χ3v) is 1.86. The van der Waals surface area contributed by atoms with Gasteiger partial charge in [-0.25, -0.2) is 0 Å². The quantitative estimate of drug-likeness (QED) is 0.792. The molecule has 1 heterocycles. The molecule has 5 heteroatoms. The van der Waals surface area contributed by atoms with Crippen LogP contribution in [0, 0.1) is 6.92 Å². The minimum atomic E-state index is -0.442. The van der Waals surface area contributed by atoms with Crippen LogP contribution in [-0.4, -0.2) is 27.9 Å². The normalized spacial score (nSPS) is 11.3. The standard InChI is InChI=1S/C11H19N3O2/c1-8-9(7-14(5)13-8)12-6-10(15)16-11(2,3)4/h7,12H,6H2,1-5H3. The fourth-order valence-corrected chi connectivity index (χ4v) is 1.32. The number of anilines is 1. The lowest BCUT2D eigenvalue weighted by Crippen LogP contribution is -2.28. The van der Waals surface area contributed by atoms with Crippen LogP contribution in [0.4, 0.5) is 5.69 Å². The average Bonchev–Trinajstić information content (AvgIpc) is 2.38. The highest BCUT2D eigenvalue weighted by Gasteiger charge is 2.16. The van der Waals surface area contributed by atoms with E-state index in [1.807, 2.05) is 40.9 Å².